The van der Waals surface area contributed by atoms with Gasteiger partial charge in [-0.2, -0.15) is 0 Å². The van der Waals surface area contributed by atoms with Crippen LogP contribution in [0.4, 0.5) is 0 Å². The lowest BCUT2D eigenvalue weighted by Gasteiger charge is -2.23. The molecule has 0 aromatic carbocycles. The van der Waals surface area contributed by atoms with Crippen molar-refractivity contribution in [1.29, 1.82) is 0 Å². The van der Waals surface area contributed by atoms with Crippen LogP contribution < -0.4 is 5.32 Å². The molecule has 2 heteroatoms. The topological polar surface area (TPSA) is 29.1 Å². The fourth-order valence-electron chi connectivity index (χ4n) is 2.50. The molecule has 1 fully saturated rings. The molecule has 16 heavy (non-hydrogen) atoms. The maximum absolute atomic E-state index is 11.9. The van der Waals surface area contributed by atoms with E-state index in [1.807, 2.05) is 0 Å². The highest BCUT2D eigenvalue weighted by Gasteiger charge is 2.21. The summed E-state index contributed by atoms with van der Waals surface area (Å²) >= 11 is 0. The number of hydrogen-bond acceptors (Lipinski definition) is 1. The molecule has 0 spiro atoms. The molecular weight excluding hydrogens is 198 g/mol. The van der Waals surface area contributed by atoms with Crippen molar-refractivity contribution in [3.8, 4) is 0 Å². The van der Waals surface area contributed by atoms with Gasteiger partial charge < -0.3 is 5.32 Å². The second-order valence-electron chi connectivity index (χ2n) is 5.24. The lowest BCUT2D eigenvalue weighted by atomic mass is 9.88. The molecule has 1 atom stereocenters. The molecule has 1 unspecified atom stereocenters. The van der Waals surface area contributed by atoms with Crippen molar-refractivity contribution in [2.24, 2.45) is 5.92 Å². The van der Waals surface area contributed by atoms with E-state index in [0.29, 0.717) is 17.9 Å². The Morgan fingerprint density at radius 2 is 1.94 bits per heavy atom. The Balaban J connectivity index is 2.16. The molecule has 0 saturated heterocycles. The van der Waals surface area contributed by atoms with Gasteiger partial charge in [-0.25, -0.2) is 0 Å². The van der Waals surface area contributed by atoms with Gasteiger partial charge >= 0.3 is 0 Å². The molecule has 0 heterocycles. The van der Waals surface area contributed by atoms with Gasteiger partial charge in [0.2, 0.25) is 5.91 Å². The summed E-state index contributed by atoms with van der Waals surface area (Å²) in [5.74, 6) is 0.617. The van der Waals surface area contributed by atoms with E-state index in [2.05, 4.69) is 19.2 Å². The van der Waals surface area contributed by atoms with Gasteiger partial charge in [-0.15, -0.1) is 0 Å². The summed E-state index contributed by atoms with van der Waals surface area (Å²) in [4.78, 5) is 11.9. The van der Waals surface area contributed by atoms with Crippen LogP contribution >= 0.6 is 0 Å². The van der Waals surface area contributed by atoms with E-state index in [0.717, 1.165) is 19.3 Å². The molecule has 0 bridgehead atoms. The monoisotopic (exact) mass is 225 g/mol. The minimum atomic E-state index is 0.308. The maximum Gasteiger partial charge on any atom is 0.223 e. The molecule has 0 radical (unpaired) electrons. The number of carbonyl (C=O) groups excluding carboxylic acids is 1. The van der Waals surface area contributed by atoms with Gasteiger partial charge in [-0.1, -0.05) is 45.4 Å². The molecule has 2 nitrogen and oxygen atoms in total. The minimum absolute atomic E-state index is 0.308. The summed E-state index contributed by atoms with van der Waals surface area (Å²) in [6.45, 7) is 4.35. The number of nitrogens with one attached hydrogen (secondary N) is 1. The molecule has 1 aliphatic rings. The third kappa shape index (κ3) is 5.00. The Morgan fingerprint density at radius 1 is 1.25 bits per heavy atom. The van der Waals surface area contributed by atoms with E-state index in [1.54, 1.807) is 0 Å². The highest BCUT2D eigenvalue weighted by atomic mass is 16.1. The van der Waals surface area contributed by atoms with Gasteiger partial charge in [0.25, 0.3) is 0 Å². The fourth-order valence-corrected chi connectivity index (χ4v) is 2.50. The Bertz CT molecular complexity index is 197. The normalized spacial score (nSPS) is 19.4. The molecule has 0 aliphatic heterocycles. The summed E-state index contributed by atoms with van der Waals surface area (Å²) in [6.07, 6.45) is 10.9. The smallest absolute Gasteiger partial charge is 0.223 e. The predicted molar refractivity (Wildman–Crippen MR) is 68.3 cm³/mol. The molecule has 1 saturated carbocycles. The first kappa shape index (κ1) is 13.5. The molecule has 0 aromatic rings. The standard InChI is InChI=1S/C14H27NO/c1-3-4-6-9-12(2)15-14(16)13-10-7-5-8-11-13/h12-13H,3-11H2,1-2H3,(H,15,16). The predicted octanol–water partition coefficient (Wildman–Crippen LogP) is 3.65. The van der Waals surface area contributed by atoms with Crippen LogP contribution in [0.2, 0.25) is 0 Å². The van der Waals surface area contributed by atoms with Gasteiger partial charge in [0.05, 0.1) is 0 Å². The number of hydrogen-bond donors (Lipinski definition) is 1. The van der Waals surface area contributed by atoms with Gasteiger partial charge in [-0.05, 0) is 26.2 Å². The SMILES string of the molecule is CCCCCC(C)NC(=O)C1CCCCC1. The number of carbonyl (C=O) groups is 1. The third-order valence-corrected chi connectivity index (χ3v) is 3.61. The van der Waals surface area contributed by atoms with Crippen LogP contribution in [-0.4, -0.2) is 11.9 Å². The van der Waals surface area contributed by atoms with E-state index in [1.165, 1.54) is 38.5 Å². The van der Waals surface area contributed by atoms with Gasteiger partial charge in [0, 0.05) is 12.0 Å². The fraction of sp³-hybridized carbons (Fsp3) is 0.929. The van der Waals surface area contributed by atoms with Gasteiger partial charge in [0.1, 0.15) is 0 Å². The molecule has 0 aromatic heterocycles. The van der Waals surface area contributed by atoms with E-state index in [9.17, 15) is 4.79 Å². The van der Waals surface area contributed by atoms with E-state index < -0.39 is 0 Å². The number of amides is 1. The Hall–Kier alpha value is -0.530. The second kappa shape index (κ2) is 7.70. The zero-order chi connectivity index (χ0) is 11.8. The minimum Gasteiger partial charge on any atom is -0.353 e. The van der Waals surface area contributed by atoms with Crippen LogP contribution in [0.1, 0.15) is 71.6 Å². The maximum atomic E-state index is 11.9. The number of rotatable bonds is 6. The van der Waals surface area contributed by atoms with Crippen LogP contribution in [0.25, 0.3) is 0 Å². The summed E-state index contributed by atoms with van der Waals surface area (Å²) < 4.78 is 0. The van der Waals surface area contributed by atoms with E-state index in [4.69, 9.17) is 0 Å². The summed E-state index contributed by atoms with van der Waals surface area (Å²) in [6, 6.07) is 0.362. The Labute approximate surface area is 100 Å². The molecule has 1 N–H and O–H groups in total. The molecule has 1 amide bonds. The van der Waals surface area contributed by atoms with Crippen molar-refractivity contribution < 1.29 is 4.79 Å². The lowest BCUT2D eigenvalue weighted by molar-refractivity contribution is -0.126. The molecule has 1 rings (SSSR count). The Kier molecular flexibility index (Phi) is 6.51. The summed E-state index contributed by atoms with van der Waals surface area (Å²) in [5, 5.41) is 3.17. The lowest BCUT2D eigenvalue weighted by Crippen LogP contribution is -2.37. The van der Waals surface area contributed by atoms with Crippen LogP contribution in [0.5, 0.6) is 0 Å². The largest absolute Gasteiger partial charge is 0.353 e. The van der Waals surface area contributed by atoms with Crippen LogP contribution in [0.15, 0.2) is 0 Å². The highest BCUT2D eigenvalue weighted by molar-refractivity contribution is 5.78. The first-order chi connectivity index (χ1) is 7.74. The second-order valence-corrected chi connectivity index (χ2v) is 5.24. The summed E-state index contributed by atoms with van der Waals surface area (Å²) in [5.41, 5.74) is 0. The van der Waals surface area contributed by atoms with Crippen molar-refractivity contribution in [2.45, 2.75) is 77.7 Å². The van der Waals surface area contributed by atoms with Gasteiger partial charge in [-0.3, -0.25) is 4.79 Å². The summed E-state index contributed by atoms with van der Waals surface area (Å²) in [7, 11) is 0. The third-order valence-electron chi connectivity index (χ3n) is 3.61. The van der Waals surface area contributed by atoms with Crippen LogP contribution in [0.3, 0.4) is 0 Å². The van der Waals surface area contributed by atoms with Crippen LogP contribution in [-0.2, 0) is 4.79 Å². The van der Waals surface area contributed by atoms with Crippen molar-refractivity contribution in [2.75, 3.05) is 0 Å². The van der Waals surface area contributed by atoms with Crippen molar-refractivity contribution in [1.82, 2.24) is 5.32 Å². The zero-order valence-corrected chi connectivity index (χ0v) is 10.9. The van der Waals surface area contributed by atoms with E-state index in [-0.39, 0.29) is 0 Å². The van der Waals surface area contributed by atoms with E-state index >= 15 is 0 Å². The quantitative estimate of drug-likeness (QED) is 0.687. The first-order valence-electron chi connectivity index (χ1n) is 7.04. The first-order valence-corrected chi connectivity index (χ1v) is 7.04. The highest BCUT2D eigenvalue weighted by Crippen LogP contribution is 2.23. The average Bonchev–Trinajstić information content (AvgIpc) is 2.30. The van der Waals surface area contributed by atoms with Crippen molar-refractivity contribution >= 4 is 5.91 Å². The Morgan fingerprint density at radius 3 is 2.56 bits per heavy atom. The molecule has 1 aliphatic carbocycles. The molecular formula is C14H27NO. The van der Waals surface area contributed by atoms with Crippen LogP contribution in [0, 0.1) is 5.92 Å². The average molecular weight is 225 g/mol. The zero-order valence-electron chi connectivity index (χ0n) is 10.9. The number of unbranched alkanes of at least 4 members (excludes halogenated alkanes) is 2. The van der Waals surface area contributed by atoms with Gasteiger partial charge in [0.15, 0.2) is 0 Å². The van der Waals surface area contributed by atoms with Crippen molar-refractivity contribution in [3.63, 3.8) is 0 Å². The van der Waals surface area contributed by atoms with Crippen molar-refractivity contribution in [3.05, 3.63) is 0 Å². The molecule has 94 valence electrons.